The Morgan fingerprint density at radius 2 is 1.61 bits per heavy atom. The van der Waals surface area contributed by atoms with Crippen molar-refractivity contribution >= 4 is 52.3 Å². The monoisotopic (exact) mass is 455 g/mol. The van der Waals surface area contributed by atoms with Gasteiger partial charge in [-0.1, -0.05) is 54.1 Å². The van der Waals surface area contributed by atoms with E-state index in [0.717, 1.165) is 32.5 Å². The van der Waals surface area contributed by atoms with E-state index in [1.807, 2.05) is 24.3 Å². The van der Waals surface area contributed by atoms with Crippen LogP contribution in [0.5, 0.6) is 0 Å². The first-order chi connectivity index (χ1) is 14.5. The fourth-order valence-corrected chi connectivity index (χ4v) is 4.89. The van der Waals surface area contributed by atoms with E-state index in [1.165, 1.54) is 10.5 Å². The fourth-order valence-electron chi connectivity index (χ4n) is 4.68. The molecular weight excluding hydrogens is 433 g/mol. The summed E-state index contributed by atoms with van der Waals surface area (Å²) in [5.74, 6) is -0.506. The third-order valence-corrected chi connectivity index (χ3v) is 6.53. The maximum absolute atomic E-state index is 13.3. The number of rotatable bonds is 3. The van der Waals surface area contributed by atoms with Crippen LogP contribution in [-0.2, 0) is 6.54 Å². The van der Waals surface area contributed by atoms with Crippen LogP contribution in [0.2, 0.25) is 5.02 Å². The van der Waals surface area contributed by atoms with Gasteiger partial charge in [0.25, 0.3) is 11.8 Å². The highest BCUT2D eigenvalue weighted by Gasteiger charge is 2.39. The average Bonchev–Trinajstić information content (AvgIpc) is 2.77. The maximum atomic E-state index is 13.3. The molecule has 2 aliphatic heterocycles. The second kappa shape index (κ2) is 8.50. The number of amides is 2. The molecule has 0 aromatic heterocycles. The number of anilines is 1. The first-order valence-electron chi connectivity index (χ1n) is 10.2. The summed E-state index contributed by atoms with van der Waals surface area (Å²) < 4.78 is 0. The molecule has 0 atom stereocenters. The Labute approximate surface area is 192 Å². The van der Waals surface area contributed by atoms with E-state index >= 15 is 0 Å². The molecule has 0 bridgehead atoms. The van der Waals surface area contributed by atoms with E-state index in [-0.39, 0.29) is 30.3 Å². The van der Waals surface area contributed by atoms with E-state index in [4.69, 9.17) is 17.3 Å². The molecule has 2 amide bonds. The van der Waals surface area contributed by atoms with Gasteiger partial charge in [-0.3, -0.25) is 19.4 Å². The van der Waals surface area contributed by atoms with Gasteiger partial charge in [0.1, 0.15) is 0 Å². The zero-order valence-corrected chi connectivity index (χ0v) is 18.5. The first kappa shape index (κ1) is 21.6. The molecule has 2 heterocycles. The van der Waals surface area contributed by atoms with Gasteiger partial charge in [-0.2, -0.15) is 0 Å². The van der Waals surface area contributed by atoms with Crippen molar-refractivity contribution in [3.8, 4) is 0 Å². The first-order valence-corrected chi connectivity index (χ1v) is 10.6. The van der Waals surface area contributed by atoms with Crippen LogP contribution in [0.1, 0.15) is 39.1 Å². The topological polar surface area (TPSA) is 66.6 Å². The highest BCUT2D eigenvalue weighted by Crippen LogP contribution is 2.38. The normalized spacial score (nSPS) is 17.1. The number of hydrogen-bond donors (Lipinski definition) is 1. The zero-order valence-electron chi connectivity index (χ0n) is 16.9. The number of hydrogen-bond acceptors (Lipinski definition) is 4. The molecule has 3 aromatic carbocycles. The second-order valence-corrected chi connectivity index (χ2v) is 8.43. The van der Waals surface area contributed by atoms with E-state index in [0.29, 0.717) is 32.6 Å². The van der Waals surface area contributed by atoms with Gasteiger partial charge >= 0.3 is 0 Å². The molecule has 1 saturated heterocycles. The number of benzene rings is 3. The molecule has 2 aliphatic rings. The number of carbonyl (C=O) groups is 2. The van der Waals surface area contributed by atoms with Crippen molar-refractivity contribution in [3.63, 3.8) is 0 Å². The van der Waals surface area contributed by atoms with Gasteiger partial charge < -0.3 is 5.73 Å². The third kappa shape index (κ3) is 3.67. The number of carbonyl (C=O) groups excluding carboxylic acids is 2. The van der Waals surface area contributed by atoms with Crippen LogP contribution >= 0.6 is 24.0 Å². The SMILES string of the molecule is Cl.Nc1c(Cl)cc2c3c(cccc13)C(=O)N(C1CCN(Cc3ccccc3)CC1)C2=O. The van der Waals surface area contributed by atoms with Gasteiger partial charge in [0.2, 0.25) is 0 Å². The Kier molecular flexibility index (Phi) is 5.93. The third-order valence-electron chi connectivity index (χ3n) is 6.22. The standard InChI is InChI=1S/C24H22ClN3O2.ClH/c25-20-13-19-21-17(22(20)26)7-4-8-18(21)23(29)28(24(19)30)16-9-11-27(12-10-16)14-15-5-2-1-3-6-15;/h1-8,13,16H,9-12,14,26H2;1H. The lowest BCUT2D eigenvalue weighted by Crippen LogP contribution is -2.51. The Balaban J connectivity index is 0.00000231. The number of nitrogens with two attached hydrogens (primary N) is 1. The summed E-state index contributed by atoms with van der Waals surface area (Å²) in [4.78, 5) is 30.5. The zero-order chi connectivity index (χ0) is 20.8. The van der Waals surface area contributed by atoms with Crippen molar-refractivity contribution in [2.75, 3.05) is 18.8 Å². The fraction of sp³-hybridized carbons (Fsp3) is 0.250. The van der Waals surface area contributed by atoms with Crippen molar-refractivity contribution in [1.29, 1.82) is 0 Å². The van der Waals surface area contributed by atoms with Gasteiger partial charge in [-0.25, -0.2) is 0 Å². The molecule has 0 aliphatic carbocycles. The van der Waals surface area contributed by atoms with Crippen LogP contribution in [0.3, 0.4) is 0 Å². The van der Waals surface area contributed by atoms with Gasteiger partial charge in [-0.05, 0) is 30.5 Å². The lowest BCUT2D eigenvalue weighted by molar-refractivity contribution is 0.0453. The van der Waals surface area contributed by atoms with Crippen molar-refractivity contribution in [2.24, 2.45) is 0 Å². The molecule has 0 saturated carbocycles. The predicted octanol–water partition coefficient (Wildman–Crippen LogP) is 4.76. The summed E-state index contributed by atoms with van der Waals surface area (Å²) in [6, 6.07) is 17.2. The van der Waals surface area contributed by atoms with Crippen LogP contribution in [0.25, 0.3) is 10.8 Å². The van der Waals surface area contributed by atoms with Gasteiger partial charge in [0.05, 0.1) is 16.3 Å². The number of nitrogen functional groups attached to an aromatic ring is 1. The van der Waals surface area contributed by atoms with Gasteiger partial charge in [0, 0.05) is 42.0 Å². The number of likely N-dealkylation sites (tertiary alicyclic amines) is 1. The molecular formula is C24H23Cl2N3O2. The molecule has 31 heavy (non-hydrogen) atoms. The number of halogens is 2. The Bertz CT molecular complexity index is 1160. The minimum atomic E-state index is -0.271. The van der Waals surface area contributed by atoms with Crippen LogP contribution in [0.15, 0.2) is 54.6 Å². The molecule has 5 nitrogen and oxygen atoms in total. The molecule has 0 unspecified atom stereocenters. The van der Waals surface area contributed by atoms with E-state index in [9.17, 15) is 9.59 Å². The summed E-state index contributed by atoms with van der Waals surface area (Å²) in [7, 11) is 0. The van der Waals surface area contributed by atoms with Crippen LogP contribution in [-0.4, -0.2) is 40.7 Å². The Hall–Kier alpha value is -2.60. The second-order valence-electron chi connectivity index (χ2n) is 8.02. The van der Waals surface area contributed by atoms with Crippen LogP contribution in [0.4, 0.5) is 5.69 Å². The highest BCUT2D eigenvalue weighted by atomic mass is 35.5. The van der Waals surface area contributed by atoms with Crippen molar-refractivity contribution in [3.05, 3.63) is 76.3 Å². The lowest BCUT2D eigenvalue weighted by atomic mass is 9.90. The van der Waals surface area contributed by atoms with E-state index < -0.39 is 0 Å². The summed E-state index contributed by atoms with van der Waals surface area (Å²) >= 11 is 6.29. The highest BCUT2D eigenvalue weighted by molar-refractivity contribution is 6.37. The largest absolute Gasteiger partial charge is 0.397 e. The van der Waals surface area contributed by atoms with Gasteiger partial charge in [-0.15, -0.1) is 12.4 Å². The molecule has 3 aromatic rings. The summed E-state index contributed by atoms with van der Waals surface area (Å²) in [6.45, 7) is 2.57. The Morgan fingerprint density at radius 1 is 0.935 bits per heavy atom. The summed E-state index contributed by atoms with van der Waals surface area (Å²) in [5.41, 5.74) is 8.77. The van der Waals surface area contributed by atoms with Crippen molar-refractivity contribution < 1.29 is 9.59 Å². The van der Waals surface area contributed by atoms with E-state index in [2.05, 4.69) is 17.0 Å². The predicted molar refractivity (Wildman–Crippen MR) is 126 cm³/mol. The summed E-state index contributed by atoms with van der Waals surface area (Å²) in [5, 5.41) is 1.62. The van der Waals surface area contributed by atoms with Crippen LogP contribution in [0, 0.1) is 0 Å². The number of imide groups is 1. The minimum Gasteiger partial charge on any atom is -0.397 e. The molecule has 0 radical (unpaired) electrons. The molecule has 1 fully saturated rings. The molecule has 160 valence electrons. The quantitative estimate of drug-likeness (QED) is 0.456. The van der Waals surface area contributed by atoms with Crippen LogP contribution < -0.4 is 5.73 Å². The smallest absolute Gasteiger partial charge is 0.261 e. The average molecular weight is 456 g/mol. The minimum absolute atomic E-state index is 0. The van der Waals surface area contributed by atoms with Gasteiger partial charge in [0.15, 0.2) is 0 Å². The molecule has 7 heteroatoms. The molecule has 5 rings (SSSR count). The molecule has 0 spiro atoms. The van der Waals surface area contributed by atoms with Crippen molar-refractivity contribution in [1.82, 2.24) is 9.80 Å². The summed E-state index contributed by atoms with van der Waals surface area (Å²) in [6.07, 6.45) is 1.52. The maximum Gasteiger partial charge on any atom is 0.261 e. The Morgan fingerprint density at radius 3 is 2.32 bits per heavy atom. The molecule has 2 N–H and O–H groups in total. The lowest BCUT2D eigenvalue weighted by Gasteiger charge is -2.39. The number of nitrogens with zero attached hydrogens (tertiary/aromatic N) is 2. The van der Waals surface area contributed by atoms with E-state index in [1.54, 1.807) is 18.2 Å². The van der Waals surface area contributed by atoms with Crippen molar-refractivity contribution in [2.45, 2.75) is 25.4 Å². The number of piperidine rings is 1.